The van der Waals surface area contributed by atoms with Crippen molar-refractivity contribution in [1.82, 2.24) is 14.8 Å². The van der Waals surface area contributed by atoms with E-state index in [0.29, 0.717) is 17.9 Å². The topological polar surface area (TPSA) is 97.1 Å². The van der Waals surface area contributed by atoms with Crippen LogP contribution in [0.4, 0.5) is 5.69 Å². The zero-order chi connectivity index (χ0) is 17.3. The second-order valence-corrected chi connectivity index (χ2v) is 6.35. The fourth-order valence-corrected chi connectivity index (χ4v) is 3.42. The van der Waals surface area contributed by atoms with Crippen LogP contribution in [-0.4, -0.2) is 37.7 Å². The first-order valence-electron chi connectivity index (χ1n) is 8.36. The summed E-state index contributed by atoms with van der Waals surface area (Å²) in [5, 5.41) is 17.9. The van der Waals surface area contributed by atoms with E-state index in [1.807, 2.05) is 6.92 Å². The van der Waals surface area contributed by atoms with Crippen LogP contribution in [-0.2, 0) is 11.3 Å². The third-order valence-corrected chi connectivity index (χ3v) is 4.85. The smallest absolute Gasteiger partial charge is 0.339 e. The number of pyridine rings is 1. The lowest BCUT2D eigenvalue weighted by molar-refractivity contribution is -0.121. The predicted molar refractivity (Wildman–Crippen MR) is 90.2 cm³/mol. The lowest BCUT2D eigenvalue weighted by Crippen LogP contribution is -2.29. The Kier molecular flexibility index (Phi) is 4.51. The molecule has 0 bridgehead atoms. The quantitative estimate of drug-likeness (QED) is 0.875. The SMILES string of the molecule is CCn1ncc2c(NC3CCC(C(C)=O)CC3)c(C(=O)O)cnc21. The molecule has 2 N–H and O–H groups in total. The van der Waals surface area contributed by atoms with E-state index in [0.717, 1.165) is 31.1 Å². The molecule has 0 atom stereocenters. The minimum absolute atomic E-state index is 0.141. The number of carboxylic acids is 1. The number of carboxylic acid groups (broad SMARTS) is 1. The van der Waals surface area contributed by atoms with Gasteiger partial charge in [0.2, 0.25) is 0 Å². The van der Waals surface area contributed by atoms with Gasteiger partial charge in [-0.2, -0.15) is 5.10 Å². The van der Waals surface area contributed by atoms with Crippen molar-refractivity contribution in [2.75, 3.05) is 5.32 Å². The summed E-state index contributed by atoms with van der Waals surface area (Å²) in [6, 6.07) is 0.161. The summed E-state index contributed by atoms with van der Waals surface area (Å²) in [4.78, 5) is 27.3. The van der Waals surface area contributed by atoms with Gasteiger partial charge in [0.05, 0.1) is 17.3 Å². The van der Waals surface area contributed by atoms with Crippen LogP contribution in [0.5, 0.6) is 0 Å². The molecule has 0 unspecified atom stereocenters. The summed E-state index contributed by atoms with van der Waals surface area (Å²) < 4.78 is 1.75. The summed E-state index contributed by atoms with van der Waals surface area (Å²) in [7, 11) is 0. The van der Waals surface area contributed by atoms with Crippen molar-refractivity contribution in [2.45, 2.75) is 52.1 Å². The Bertz CT molecular complexity index is 775. The number of nitrogens with zero attached hydrogens (tertiary/aromatic N) is 3. The maximum atomic E-state index is 11.6. The van der Waals surface area contributed by atoms with E-state index in [4.69, 9.17) is 0 Å². The zero-order valence-electron chi connectivity index (χ0n) is 14.0. The van der Waals surface area contributed by atoms with Crippen LogP contribution in [0.25, 0.3) is 11.0 Å². The minimum Gasteiger partial charge on any atom is -0.478 e. The molecule has 2 heterocycles. The van der Waals surface area contributed by atoms with Crippen LogP contribution >= 0.6 is 0 Å². The molecular weight excluding hydrogens is 308 g/mol. The number of rotatable bonds is 5. The Morgan fingerprint density at radius 3 is 2.58 bits per heavy atom. The standard InChI is InChI=1S/C17H22N4O3/c1-3-21-16-13(9-19-21)15(14(8-18-16)17(23)24)20-12-6-4-11(5-7-12)10(2)22/h8-9,11-12H,3-7H2,1-2H3,(H,18,20)(H,23,24). The van der Waals surface area contributed by atoms with E-state index < -0.39 is 5.97 Å². The van der Waals surface area contributed by atoms with Gasteiger partial charge in [-0.3, -0.25) is 4.79 Å². The van der Waals surface area contributed by atoms with Crippen LogP contribution in [0.1, 0.15) is 49.9 Å². The second-order valence-electron chi connectivity index (χ2n) is 6.35. The highest BCUT2D eigenvalue weighted by atomic mass is 16.4. The monoisotopic (exact) mass is 330 g/mol. The van der Waals surface area contributed by atoms with Gasteiger partial charge >= 0.3 is 5.97 Å². The molecular formula is C17H22N4O3. The van der Waals surface area contributed by atoms with E-state index in [2.05, 4.69) is 15.4 Å². The van der Waals surface area contributed by atoms with Crippen molar-refractivity contribution in [3.05, 3.63) is 18.0 Å². The maximum absolute atomic E-state index is 11.6. The van der Waals surface area contributed by atoms with Gasteiger partial charge in [0.1, 0.15) is 11.3 Å². The van der Waals surface area contributed by atoms with Gasteiger partial charge in [0.25, 0.3) is 0 Å². The molecule has 1 aliphatic carbocycles. The number of hydrogen-bond donors (Lipinski definition) is 2. The molecule has 2 aromatic heterocycles. The second kappa shape index (κ2) is 6.59. The Morgan fingerprint density at radius 2 is 2.00 bits per heavy atom. The number of aromatic nitrogens is 3. The number of carbonyl (C=O) groups excluding carboxylic acids is 1. The zero-order valence-corrected chi connectivity index (χ0v) is 14.0. The molecule has 0 aliphatic heterocycles. The highest BCUT2D eigenvalue weighted by Gasteiger charge is 2.26. The number of ketones is 1. The van der Waals surface area contributed by atoms with Crippen molar-refractivity contribution >= 4 is 28.5 Å². The number of anilines is 1. The van der Waals surface area contributed by atoms with Crippen molar-refractivity contribution in [3.63, 3.8) is 0 Å². The number of carbonyl (C=O) groups is 2. The first-order chi connectivity index (χ1) is 11.5. The van der Waals surface area contributed by atoms with Crippen molar-refractivity contribution < 1.29 is 14.7 Å². The number of aromatic carboxylic acids is 1. The van der Waals surface area contributed by atoms with Gasteiger partial charge in [0.15, 0.2) is 5.65 Å². The fraction of sp³-hybridized carbons (Fsp3) is 0.529. The molecule has 0 radical (unpaired) electrons. The highest BCUT2D eigenvalue weighted by Crippen LogP contribution is 2.31. The molecule has 3 rings (SSSR count). The predicted octanol–water partition coefficient (Wildman–Crippen LogP) is 2.71. The molecule has 0 aromatic carbocycles. The van der Waals surface area contributed by atoms with Gasteiger partial charge in [-0.05, 0) is 39.5 Å². The lowest BCUT2D eigenvalue weighted by Gasteiger charge is -2.29. The number of Topliss-reactive ketones (excluding diaryl/α,β-unsaturated/α-hetero) is 1. The van der Waals surface area contributed by atoms with Crippen LogP contribution < -0.4 is 5.32 Å². The number of aryl methyl sites for hydroxylation is 1. The summed E-state index contributed by atoms with van der Waals surface area (Å²) in [6.45, 7) is 4.29. The third kappa shape index (κ3) is 2.98. The van der Waals surface area contributed by atoms with E-state index in [1.54, 1.807) is 17.8 Å². The Labute approximate surface area is 140 Å². The van der Waals surface area contributed by atoms with Gasteiger partial charge in [-0.1, -0.05) is 0 Å². The highest BCUT2D eigenvalue weighted by molar-refractivity contribution is 6.03. The first-order valence-corrected chi connectivity index (χ1v) is 8.36. The molecule has 0 saturated heterocycles. The third-order valence-electron chi connectivity index (χ3n) is 4.85. The van der Waals surface area contributed by atoms with Crippen molar-refractivity contribution in [1.29, 1.82) is 0 Å². The normalized spacial score (nSPS) is 20.9. The first kappa shape index (κ1) is 16.4. The van der Waals surface area contributed by atoms with Crippen LogP contribution in [0.3, 0.4) is 0 Å². The molecule has 1 fully saturated rings. The number of hydrogen-bond acceptors (Lipinski definition) is 5. The summed E-state index contributed by atoms with van der Waals surface area (Å²) >= 11 is 0. The summed E-state index contributed by atoms with van der Waals surface area (Å²) in [5.41, 5.74) is 1.42. The van der Waals surface area contributed by atoms with Crippen molar-refractivity contribution in [3.8, 4) is 0 Å². The largest absolute Gasteiger partial charge is 0.478 e. The maximum Gasteiger partial charge on any atom is 0.339 e. The van der Waals surface area contributed by atoms with E-state index in [1.165, 1.54) is 6.20 Å². The number of fused-ring (bicyclic) bond motifs is 1. The molecule has 1 saturated carbocycles. The lowest BCUT2D eigenvalue weighted by atomic mass is 9.84. The van der Waals surface area contributed by atoms with Crippen molar-refractivity contribution in [2.24, 2.45) is 5.92 Å². The fourth-order valence-electron chi connectivity index (χ4n) is 3.42. The van der Waals surface area contributed by atoms with Gasteiger partial charge in [-0.25, -0.2) is 14.5 Å². The van der Waals surface area contributed by atoms with Gasteiger partial charge in [-0.15, -0.1) is 0 Å². The molecule has 7 nitrogen and oxygen atoms in total. The van der Waals surface area contributed by atoms with E-state index in [-0.39, 0.29) is 23.3 Å². The molecule has 0 amide bonds. The summed E-state index contributed by atoms with van der Waals surface area (Å²) in [6.07, 6.45) is 6.46. The Hall–Kier alpha value is -2.44. The Balaban J connectivity index is 1.90. The van der Waals surface area contributed by atoms with Gasteiger partial charge in [0, 0.05) is 24.7 Å². The van der Waals surface area contributed by atoms with E-state index in [9.17, 15) is 14.7 Å². The number of nitrogens with one attached hydrogen (secondary N) is 1. The van der Waals surface area contributed by atoms with Crippen LogP contribution in [0.2, 0.25) is 0 Å². The molecule has 1 aliphatic rings. The summed E-state index contributed by atoms with van der Waals surface area (Å²) in [5.74, 6) is -0.619. The van der Waals surface area contributed by atoms with Crippen LogP contribution in [0.15, 0.2) is 12.4 Å². The average Bonchev–Trinajstić information content (AvgIpc) is 2.99. The molecule has 7 heteroatoms. The van der Waals surface area contributed by atoms with E-state index >= 15 is 0 Å². The minimum atomic E-state index is -1.01. The van der Waals surface area contributed by atoms with Crippen LogP contribution in [0, 0.1) is 5.92 Å². The molecule has 24 heavy (non-hydrogen) atoms. The Morgan fingerprint density at radius 1 is 1.29 bits per heavy atom. The van der Waals surface area contributed by atoms with Gasteiger partial charge < -0.3 is 10.4 Å². The average molecular weight is 330 g/mol. The molecule has 128 valence electrons. The molecule has 2 aromatic rings. The molecule has 0 spiro atoms.